The SMILES string of the molecule is CCN(CC)c1ccc(C(=O)NNC(=O)CNC(=O)c2ccccc2I)cc1. The first kappa shape index (κ1) is 21.7. The minimum absolute atomic E-state index is 0.245. The largest absolute Gasteiger partial charge is 0.372 e. The molecule has 2 rings (SSSR count). The number of amides is 3. The number of halogens is 1. The van der Waals surface area contributed by atoms with Crippen LogP contribution < -0.4 is 21.1 Å². The third-order valence-electron chi connectivity index (χ3n) is 4.10. The van der Waals surface area contributed by atoms with Crippen LogP contribution in [-0.4, -0.2) is 37.4 Å². The molecule has 0 saturated heterocycles. The zero-order valence-electron chi connectivity index (χ0n) is 15.8. The number of carbonyl (C=O) groups is 3. The van der Waals surface area contributed by atoms with Crippen LogP contribution >= 0.6 is 22.6 Å². The molecule has 0 bridgehead atoms. The van der Waals surface area contributed by atoms with Crippen molar-refractivity contribution in [2.24, 2.45) is 0 Å². The fourth-order valence-corrected chi connectivity index (χ4v) is 3.19. The molecule has 8 heteroatoms. The highest BCUT2D eigenvalue weighted by molar-refractivity contribution is 14.1. The van der Waals surface area contributed by atoms with Crippen LogP contribution in [0.3, 0.4) is 0 Å². The zero-order chi connectivity index (χ0) is 20.5. The molecule has 0 saturated carbocycles. The number of hydrogen-bond acceptors (Lipinski definition) is 4. The Morgan fingerprint density at radius 1 is 0.893 bits per heavy atom. The number of nitrogens with zero attached hydrogens (tertiary/aromatic N) is 1. The standard InChI is InChI=1S/C20H23IN4O3/c1-3-25(4-2)15-11-9-14(10-12-15)19(27)24-23-18(26)13-22-20(28)16-7-5-6-8-17(16)21/h5-12H,3-4,13H2,1-2H3,(H,22,28)(H,23,26)(H,24,27). The van der Waals surface area contributed by atoms with Crippen molar-refractivity contribution in [1.82, 2.24) is 16.2 Å². The summed E-state index contributed by atoms with van der Waals surface area (Å²) in [6, 6.07) is 14.2. The van der Waals surface area contributed by atoms with E-state index in [2.05, 4.69) is 57.5 Å². The van der Waals surface area contributed by atoms with E-state index >= 15 is 0 Å². The monoisotopic (exact) mass is 494 g/mol. The summed E-state index contributed by atoms with van der Waals surface area (Å²) in [5.74, 6) is -1.30. The van der Waals surface area contributed by atoms with E-state index in [1.165, 1.54) is 0 Å². The molecule has 2 aromatic rings. The van der Waals surface area contributed by atoms with Crippen LogP contribution in [0.5, 0.6) is 0 Å². The molecule has 0 unspecified atom stereocenters. The number of hydrazine groups is 1. The van der Waals surface area contributed by atoms with Crippen LogP contribution in [0.4, 0.5) is 5.69 Å². The molecule has 0 aromatic heterocycles. The second kappa shape index (κ2) is 10.6. The summed E-state index contributed by atoms with van der Waals surface area (Å²) < 4.78 is 0.791. The van der Waals surface area contributed by atoms with Gasteiger partial charge in [0.1, 0.15) is 0 Å². The Labute approximate surface area is 178 Å². The average molecular weight is 494 g/mol. The van der Waals surface area contributed by atoms with Crippen molar-refractivity contribution in [2.75, 3.05) is 24.5 Å². The van der Waals surface area contributed by atoms with Gasteiger partial charge in [-0.05, 0) is 72.8 Å². The second-order valence-electron chi connectivity index (χ2n) is 5.88. The Balaban J connectivity index is 1.81. The minimum atomic E-state index is -0.521. The fourth-order valence-electron chi connectivity index (χ4n) is 2.56. The first-order valence-electron chi connectivity index (χ1n) is 8.93. The number of anilines is 1. The molecule has 0 fully saturated rings. The molecule has 3 amide bonds. The lowest BCUT2D eigenvalue weighted by molar-refractivity contribution is -0.120. The van der Waals surface area contributed by atoms with Crippen molar-refractivity contribution in [2.45, 2.75) is 13.8 Å². The Bertz CT molecular complexity index is 836. The summed E-state index contributed by atoms with van der Waals surface area (Å²) in [6.45, 7) is 5.65. The second-order valence-corrected chi connectivity index (χ2v) is 7.05. The van der Waals surface area contributed by atoms with E-state index in [0.717, 1.165) is 22.3 Å². The number of carbonyl (C=O) groups excluding carboxylic acids is 3. The maximum atomic E-state index is 12.1. The van der Waals surface area contributed by atoms with Crippen LogP contribution in [0, 0.1) is 3.57 Å². The van der Waals surface area contributed by atoms with Crippen LogP contribution in [0.2, 0.25) is 0 Å². The van der Waals surface area contributed by atoms with Crippen LogP contribution in [0.25, 0.3) is 0 Å². The molecule has 0 aliphatic rings. The van der Waals surface area contributed by atoms with Gasteiger partial charge in [0.15, 0.2) is 0 Å². The number of nitrogens with one attached hydrogen (secondary N) is 3. The topological polar surface area (TPSA) is 90.5 Å². The summed E-state index contributed by atoms with van der Waals surface area (Å²) >= 11 is 2.05. The van der Waals surface area contributed by atoms with Crippen LogP contribution in [0.1, 0.15) is 34.6 Å². The molecule has 3 N–H and O–H groups in total. The lowest BCUT2D eigenvalue weighted by Crippen LogP contribution is -2.46. The molecule has 148 valence electrons. The Hall–Kier alpha value is -2.62. The third-order valence-corrected chi connectivity index (χ3v) is 5.04. The molecule has 0 heterocycles. The van der Waals surface area contributed by atoms with Crippen molar-refractivity contribution >= 4 is 46.0 Å². The summed E-state index contributed by atoms with van der Waals surface area (Å²) in [7, 11) is 0. The van der Waals surface area contributed by atoms with Crippen LogP contribution in [0.15, 0.2) is 48.5 Å². The predicted octanol–water partition coefficient (Wildman–Crippen LogP) is 2.33. The van der Waals surface area contributed by atoms with Gasteiger partial charge in [-0.3, -0.25) is 25.2 Å². The van der Waals surface area contributed by atoms with Gasteiger partial charge in [-0.15, -0.1) is 0 Å². The van der Waals surface area contributed by atoms with Gasteiger partial charge >= 0.3 is 0 Å². The molecule has 0 atom stereocenters. The third kappa shape index (κ3) is 5.95. The van der Waals surface area contributed by atoms with Gasteiger partial charge in [-0.2, -0.15) is 0 Å². The predicted molar refractivity (Wildman–Crippen MR) is 117 cm³/mol. The lowest BCUT2D eigenvalue weighted by Gasteiger charge is -2.21. The van der Waals surface area contributed by atoms with Crippen molar-refractivity contribution in [1.29, 1.82) is 0 Å². The smallest absolute Gasteiger partial charge is 0.269 e. The molecular formula is C20H23IN4O3. The number of hydrogen-bond donors (Lipinski definition) is 3. The average Bonchev–Trinajstić information content (AvgIpc) is 2.72. The molecule has 0 aliphatic heterocycles. The molecular weight excluding hydrogens is 471 g/mol. The quantitative estimate of drug-likeness (QED) is 0.407. The van der Waals surface area contributed by atoms with Gasteiger partial charge in [0.2, 0.25) is 0 Å². The maximum absolute atomic E-state index is 12.1. The molecule has 7 nitrogen and oxygen atoms in total. The van der Waals surface area contributed by atoms with Crippen LogP contribution in [-0.2, 0) is 4.79 Å². The van der Waals surface area contributed by atoms with Gasteiger partial charge in [0.05, 0.1) is 12.1 Å². The van der Waals surface area contributed by atoms with E-state index in [1.807, 2.05) is 18.2 Å². The minimum Gasteiger partial charge on any atom is -0.372 e. The summed E-state index contributed by atoms with van der Waals surface area (Å²) in [4.78, 5) is 38.3. The normalized spacial score (nSPS) is 10.1. The van der Waals surface area contributed by atoms with E-state index in [0.29, 0.717) is 11.1 Å². The summed E-state index contributed by atoms with van der Waals surface area (Å²) in [5, 5.41) is 2.52. The van der Waals surface area contributed by atoms with Gasteiger partial charge in [0.25, 0.3) is 17.7 Å². The van der Waals surface area contributed by atoms with Gasteiger partial charge in [0, 0.05) is 27.9 Å². The van der Waals surface area contributed by atoms with Crippen molar-refractivity contribution in [3.8, 4) is 0 Å². The molecule has 2 aromatic carbocycles. The van der Waals surface area contributed by atoms with E-state index in [9.17, 15) is 14.4 Å². The zero-order valence-corrected chi connectivity index (χ0v) is 17.9. The van der Waals surface area contributed by atoms with Crippen molar-refractivity contribution < 1.29 is 14.4 Å². The Morgan fingerprint density at radius 2 is 1.54 bits per heavy atom. The highest BCUT2D eigenvalue weighted by atomic mass is 127. The molecule has 0 aliphatic carbocycles. The molecule has 0 spiro atoms. The van der Waals surface area contributed by atoms with Gasteiger partial charge < -0.3 is 10.2 Å². The van der Waals surface area contributed by atoms with Gasteiger partial charge in [-0.1, -0.05) is 12.1 Å². The van der Waals surface area contributed by atoms with Crippen molar-refractivity contribution in [3.05, 3.63) is 63.2 Å². The van der Waals surface area contributed by atoms with E-state index in [-0.39, 0.29) is 12.5 Å². The van der Waals surface area contributed by atoms with E-state index < -0.39 is 11.8 Å². The highest BCUT2D eigenvalue weighted by Gasteiger charge is 2.12. The first-order chi connectivity index (χ1) is 13.5. The Kier molecular flexibility index (Phi) is 8.24. The van der Waals surface area contributed by atoms with Crippen molar-refractivity contribution in [3.63, 3.8) is 0 Å². The lowest BCUT2D eigenvalue weighted by atomic mass is 10.2. The molecule has 0 radical (unpaired) electrons. The van der Waals surface area contributed by atoms with E-state index in [4.69, 9.17) is 0 Å². The Morgan fingerprint density at radius 3 is 2.14 bits per heavy atom. The molecule has 28 heavy (non-hydrogen) atoms. The summed E-state index contributed by atoms with van der Waals surface area (Å²) in [6.07, 6.45) is 0. The van der Waals surface area contributed by atoms with E-state index in [1.54, 1.807) is 30.3 Å². The highest BCUT2D eigenvalue weighted by Crippen LogP contribution is 2.14. The van der Waals surface area contributed by atoms with Gasteiger partial charge in [-0.25, -0.2) is 0 Å². The maximum Gasteiger partial charge on any atom is 0.269 e. The fraction of sp³-hybridized carbons (Fsp3) is 0.250. The summed E-state index contributed by atoms with van der Waals surface area (Å²) in [5.41, 5.74) is 6.60. The number of rotatable bonds is 7. The number of benzene rings is 2. The first-order valence-corrected chi connectivity index (χ1v) is 10.0.